The van der Waals surface area contributed by atoms with Gasteiger partial charge in [0, 0.05) is 0 Å². The Hall–Kier alpha value is -3.79. The average Bonchev–Trinajstić information content (AvgIpc) is 3.82. The van der Waals surface area contributed by atoms with Gasteiger partial charge in [0.1, 0.15) is 0 Å². The molecule has 3 saturated carbocycles. The minimum Gasteiger partial charge on any atom is -0.481 e. The summed E-state index contributed by atoms with van der Waals surface area (Å²) in [5.41, 5.74) is 1.74. The lowest BCUT2D eigenvalue weighted by Crippen LogP contribution is -2.68. The predicted molar refractivity (Wildman–Crippen MR) is 220 cm³/mol. The van der Waals surface area contributed by atoms with Gasteiger partial charge in [0.25, 0.3) is 5.79 Å². The highest BCUT2D eigenvalue weighted by molar-refractivity contribution is 5.90. The van der Waals surface area contributed by atoms with Crippen molar-refractivity contribution in [1.82, 2.24) is 0 Å². The van der Waals surface area contributed by atoms with Crippen LogP contribution in [0.4, 0.5) is 0 Å². The van der Waals surface area contributed by atoms with E-state index in [9.17, 15) is 39.9 Å². The Labute approximate surface area is 339 Å². The van der Waals surface area contributed by atoms with Gasteiger partial charge in [0.05, 0.1) is 17.4 Å². The molecule has 8 atom stereocenters. The van der Waals surface area contributed by atoms with Crippen LogP contribution >= 0.6 is 0 Å². The van der Waals surface area contributed by atoms with Gasteiger partial charge < -0.3 is 30.3 Å². The Kier molecular flexibility index (Phi) is 15.0. The molecule has 0 bridgehead atoms. The molecule has 5 N–H and O–H groups in total. The maximum Gasteiger partial charge on any atom is 0.371 e. The SMILES string of the molecule is CCCCCC/C=C/[C@H]1CCC[C@@H]1C/C=C\C(C)(CC(=O)O)C(O)(OC(=O)c1ccccc1)C(O)(O)C(=O)O.C[C@@]12CCC[C@H]1[C@@H]1CCc3ccccc3[C@H]1CC2. The molecule has 312 valence electrons. The van der Waals surface area contributed by atoms with Crippen molar-refractivity contribution in [2.45, 2.75) is 147 Å². The molecule has 0 heterocycles. The highest BCUT2D eigenvalue weighted by Crippen LogP contribution is 2.60. The Bertz CT molecular complexity index is 1720. The lowest BCUT2D eigenvalue weighted by molar-refractivity contribution is -0.371. The van der Waals surface area contributed by atoms with E-state index in [-0.39, 0.29) is 11.5 Å². The molecule has 4 aliphatic rings. The van der Waals surface area contributed by atoms with Crippen molar-refractivity contribution in [3.05, 3.63) is 95.6 Å². The normalized spacial score (nSPS) is 27.6. The second-order valence-electron chi connectivity index (χ2n) is 17.8. The minimum atomic E-state index is -4.03. The number of aryl methyl sites for hydroxylation is 1. The fourth-order valence-corrected chi connectivity index (χ4v) is 10.7. The lowest BCUT2D eigenvalue weighted by Gasteiger charge is -2.49. The Morgan fingerprint density at radius 1 is 0.860 bits per heavy atom. The maximum atomic E-state index is 12.8. The summed E-state index contributed by atoms with van der Waals surface area (Å²) in [5, 5.41) is 51.5. The second-order valence-corrected chi connectivity index (χ2v) is 17.8. The summed E-state index contributed by atoms with van der Waals surface area (Å²) in [6, 6.07) is 16.5. The highest BCUT2D eigenvalue weighted by Gasteiger charge is 2.67. The predicted octanol–water partition coefficient (Wildman–Crippen LogP) is 9.60. The number of aliphatic hydroxyl groups is 3. The van der Waals surface area contributed by atoms with Gasteiger partial charge >= 0.3 is 23.7 Å². The highest BCUT2D eigenvalue weighted by atomic mass is 16.7. The molecule has 4 aliphatic carbocycles. The van der Waals surface area contributed by atoms with Crippen molar-refractivity contribution >= 4 is 17.9 Å². The molecule has 2 aromatic rings. The van der Waals surface area contributed by atoms with Crippen LogP contribution in [-0.4, -0.2) is 55.0 Å². The number of hydrogen-bond donors (Lipinski definition) is 5. The summed E-state index contributed by atoms with van der Waals surface area (Å²) >= 11 is 0. The van der Waals surface area contributed by atoms with Crippen LogP contribution in [0.15, 0.2) is 78.9 Å². The number of benzene rings is 2. The monoisotopic (exact) mass is 786 g/mol. The third-order valence-electron chi connectivity index (χ3n) is 14.0. The van der Waals surface area contributed by atoms with Crippen LogP contribution in [0.2, 0.25) is 0 Å². The van der Waals surface area contributed by atoms with E-state index in [0.717, 1.165) is 56.8 Å². The zero-order chi connectivity index (χ0) is 41.3. The molecule has 0 aliphatic heterocycles. The Morgan fingerprint density at radius 2 is 1.60 bits per heavy atom. The molecular formula is C48H66O9. The molecule has 9 heteroatoms. The van der Waals surface area contributed by atoms with Crippen LogP contribution < -0.4 is 0 Å². The van der Waals surface area contributed by atoms with E-state index in [1.54, 1.807) is 23.3 Å². The fraction of sp³-hybridized carbons (Fsp3) is 0.604. The van der Waals surface area contributed by atoms with Crippen LogP contribution in [0.3, 0.4) is 0 Å². The summed E-state index contributed by atoms with van der Waals surface area (Å²) < 4.78 is 5.06. The number of esters is 1. The van der Waals surface area contributed by atoms with Crippen molar-refractivity contribution in [3.8, 4) is 0 Å². The lowest BCUT2D eigenvalue weighted by atomic mass is 9.56. The molecule has 0 aromatic heterocycles. The third-order valence-corrected chi connectivity index (χ3v) is 14.0. The summed E-state index contributed by atoms with van der Waals surface area (Å²) in [5.74, 6) is -9.11. The third kappa shape index (κ3) is 10.1. The molecule has 2 aromatic carbocycles. The Balaban J connectivity index is 0.000000281. The van der Waals surface area contributed by atoms with Gasteiger partial charge in [-0.25, -0.2) is 9.59 Å². The molecule has 0 spiro atoms. The zero-order valence-electron chi connectivity index (χ0n) is 34.3. The number of carbonyl (C=O) groups is 3. The number of carboxylic acid groups (broad SMARTS) is 2. The fourth-order valence-electron chi connectivity index (χ4n) is 10.7. The standard InChI is InChI=1S/C30H42O9.C18H24/c1-3-4-5-6-7-9-14-22-17-12-18-23(22)19-13-20-28(2,21-25(31)32)30(38,29(36,37)27(34)35)39-26(33)24-15-10-8-11-16-24;1-18-11-4-7-17(18)16-9-8-13-5-2-3-6-14(13)15(16)10-12-18/h8-11,13-16,20,22-23,36-38H,3-7,12,17-19,21H2,1-2H3,(H,31,32)(H,34,35);2-3,5-6,15-17H,4,7-12H2,1H3/b14-9+,20-13-;/t22-,23+,28?,30?;15-,16-,17+,18+/m01/s1. The summed E-state index contributed by atoms with van der Waals surface area (Å²) in [6.45, 7) is 5.87. The van der Waals surface area contributed by atoms with E-state index >= 15 is 0 Å². The van der Waals surface area contributed by atoms with Crippen LogP contribution in [0.1, 0.15) is 151 Å². The van der Waals surface area contributed by atoms with E-state index in [4.69, 9.17) is 4.74 Å². The number of rotatable bonds is 16. The van der Waals surface area contributed by atoms with E-state index in [1.807, 2.05) is 0 Å². The number of unbranched alkanes of at least 4 members (excludes halogenated alkanes) is 4. The van der Waals surface area contributed by atoms with Gasteiger partial charge in [0.15, 0.2) is 0 Å². The first-order valence-electron chi connectivity index (χ1n) is 21.5. The molecule has 0 radical (unpaired) electrons. The average molecular weight is 787 g/mol. The van der Waals surface area contributed by atoms with Crippen LogP contribution in [0.25, 0.3) is 0 Å². The number of aliphatic carboxylic acids is 2. The van der Waals surface area contributed by atoms with Crippen molar-refractivity contribution in [2.24, 2.45) is 34.5 Å². The Morgan fingerprint density at radius 3 is 2.32 bits per heavy atom. The number of hydrogen-bond acceptors (Lipinski definition) is 7. The van der Waals surface area contributed by atoms with Gasteiger partial charge in [-0.05, 0) is 136 Å². The largest absolute Gasteiger partial charge is 0.481 e. The first-order valence-corrected chi connectivity index (χ1v) is 21.5. The van der Waals surface area contributed by atoms with Crippen molar-refractivity contribution in [3.63, 3.8) is 0 Å². The first-order chi connectivity index (χ1) is 27.2. The van der Waals surface area contributed by atoms with Gasteiger partial charge in [0.2, 0.25) is 0 Å². The van der Waals surface area contributed by atoms with Crippen molar-refractivity contribution in [1.29, 1.82) is 0 Å². The number of allylic oxidation sites excluding steroid dienone is 3. The quantitative estimate of drug-likeness (QED) is 0.0483. The van der Waals surface area contributed by atoms with Gasteiger partial charge in [-0.15, -0.1) is 0 Å². The number of carboxylic acids is 2. The molecule has 0 amide bonds. The first kappa shape index (κ1) is 44.3. The molecule has 3 fully saturated rings. The molecular weight excluding hydrogens is 721 g/mol. The van der Waals surface area contributed by atoms with Crippen LogP contribution in [-0.2, 0) is 20.7 Å². The van der Waals surface area contributed by atoms with Crippen LogP contribution in [0, 0.1) is 34.5 Å². The maximum absolute atomic E-state index is 12.8. The summed E-state index contributed by atoms with van der Waals surface area (Å²) in [4.78, 5) is 36.4. The molecule has 0 saturated heterocycles. The smallest absolute Gasteiger partial charge is 0.371 e. The van der Waals surface area contributed by atoms with Gasteiger partial charge in [-0.3, -0.25) is 4.79 Å². The van der Waals surface area contributed by atoms with E-state index in [1.165, 1.54) is 94.5 Å². The molecule has 6 rings (SSSR count). The number of fused-ring (bicyclic) bond motifs is 5. The topological polar surface area (TPSA) is 162 Å². The second kappa shape index (κ2) is 19.3. The number of ether oxygens (including phenoxy) is 1. The zero-order valence-corrected chi connectivity index (χ0v) is 34.3. The van der Waals surface area contributed by atoms with Crippen molar-refractivity contribution < 1.29 is 44.7 Å². The molecule has 9 nitrogen and oxygen atoms in total. The van der Waals surface area contributed by atoms with Gasteiger partial charge in [-0.2, -0.15) is 0 Å². The number of carbonyl (C=O) groups excluding carboxylic acids is 1. The van der Waals surface area contributed by atoms with Crippen molar-refractivity contribution in [2.75, 3.05) is 0 Å². The van der Waals surface area contributed by atoms with E-state index in [0.29, 0.717) is 17.8 Å². The van der Waals surface area contributed by atoms with E-state index in [2.05, 4.69) is 50.3 Å². The molecule has 57 heavy (non-hydrogen) atoms. The molecule has 2 unspecified atom stereocenters. The van der Waals surface area contributed by atoms with Crippen LogP contribution in [0.5, 0.6) is 0 Å². The summed E-state index contributed by atoms with van der Waals surface area (Å²) in [7, 11) is 0. The van der Waals surface area contributed by atoms with E-state index < -0.39 is 41.3 Å². The van der Waals surface area contributed by atoms with Gasteiger partial charge in [-0.1, -0.05) is 113 Å². The minimum absolute atomic E-state index is 0.103. The summed E-state index contributed by atoms with van der Waals surface area (Å²) in [6.07, 6.45) is 25.8.